The Hall–Kier alpha value is -1.89. The van der Waals surface area contributed by atoms with Gasteiger partial charge in [0.1, 0.15) is 5.82 Å². The third-order valence-corrected chi connectivity index (χ3v) is 1.81. The molecule has 0 spiro atoms. The number of nitrogens with one attached hydrogen (secondary N) is 1. The number of hydrogen-bond acceptors (Lipinski definition) is 2. The van der Waals surface area contributed by atoms with Crippen molar-refractivity contribution in [2.45, 2.75) is 20.4 Å². The Morgan fingerprint density at radius 1 is 1.67 bits per heavy atom. The topological polar surface area (TPSA) is 42.0 Å². The average Bonchev–Trinajstić information content (AvgIpc) is 2.21. The summed E-state index contributed by atoms with van der Waals surface area (Å²) in [5.41, 5.74) is 0.733. The van der Waals surface area contributed by atoms with E-state index >= 15 is 0 Å². The zero-order valence-electron chi connectivity index (χ0n) is 8.60. The van der Waals surface area contributed by atoms with Gasteiger partial charge in [-0.05, 0) is 31.4 Å². The van der Waals surface area contributed by atoms with Crippen molar-refractivity contribution in [2.75, 3.05) is 0 Å². The molecule has 1 amide bonds. The van der Waals surface area contributed by atoms with E-state index in [1.54, 1.807) is 19.9 Å². The summed E-state index contributed by atoms with van der Waals surface area (Å²) in [6, 6.07) is 1.58. The van der Waals surface area contributed by atoms with Gasteiger partial charge in [0.15, 0.2) is 0 Å². The first kappa shape index (κ1) is 11.2. The minimum atomic E-state index is -0.430. The molecule has 15 heavy (non-hydrogen) atoms. The molecule has 1 N–H and O–H groups in total. The van der Waals surface area contributed by atoms with Crippen LogP contribution in [-0.2, 0) is 11.3 Å². The molecule has 0 aliphatic rings. The summed E-state index contributed by atoms with van der Waals surface area (Å²) in [5.74, 6) is 3.94. The number of aromatic nitrogens is 1. The van der Waals surface area contributed by atoms with E-state index in [9.17, 15) is 9.18 Å². The summed E-state index contributed by atoms with van der Waals surface area (Å²) in [7, 11) is 0. The summed E-state index contributed by atoms with van der Waals surface area (Å²) in [6.07, 6.45) is 1.51. The van der Waals surface area contributed by atoms with Crippen molar-refractivity contribution in [3.8, 4) is 11.8 Å². The number of amides is 1. The molecule has 1 aromatic heterocycles. The van der Waals surface area contributed by atoms with E-state index in [0.29, 0.717) is 5.56 Å². The number of carbonyl (C=O) groups is 1. The van der Waals surface area contributed by atoms with E-state index in [1.165, 1.54) is 6.20 Å². The standard InChI is InChI=1S/C11H11FN2O/c1-3-4-10(15)14-7-9-11(12)8(2)5-6-13-9/h5-6H,7H2,1-2H3,(H,14,15). The van der Waals surface area contributed by atoms with E-state index in [-0.39, 0.29) is 18.1 Å². The number of aryl methyl sites for hydroxylation is 1. The predicted octanol–water partition coefficient (Wildman–Crippen LogP) is 1.17. The van der Waals surface area contributed by atoms with Gasteiger partial charge in [-0.1, -0.05) is 5.92 Å². The van der Waals surface area contributed by atoms with Gasteiger partial charge in [-0.15, -0.1) is 0 Å². The maximum atomic E-state index is 13.4. The lowest BCUT2D eigenvalue weighted by Crippen LogP contribution is -2.22. The summed E-state index contributed by atoms with van der Waals surface area (Å²) in [6.45, 7) is 3.26. The molecule has 78 valence electrons. The molecule has 0 unspecified atom stereocenters. The van der Waals surface area contributed by atoms with Crippen molar-refractivity contribution in [1.29, 1.82) is 0 Å². The Labute approximate surface area is 87.7 Å². The summed E-state index contributed by atoms with van der Waals surface area (Å²) >= 11 is 0. The Kier molecular flexibility index (Phi) is 3.81. The van der Waals surface area contributed by atoms with Crippen LogP contribution in [0.5, 0.6) is 0 Å². The molecule has 0 aliphatic carbocycles. The number of rotatable bonds is 2. The number of halogens is 1. The predicted molar refractivity (Wildman–Crippen MR) is 54.2 cm³/mol. The highest BCUT2D eigenvalue weighted by Gasteiger charge is 2.06. The van der Waals surface area contributed by atoms with Crippen LogP contribution in [0.15, 0.2) is 12.3 Å². The van der Waals surface area contributed by atoms with Gasteiger partial charge in [0, 0.05) is 6.20 Å². The van der Waals surface area contributed by atoms with Gasteiger partial charge in [0.25, 0.3) is 5.91 Å². The van der Waals surface area contributed by atoms with Gasteiger partial charge in [-0.3, -0.25) is 9.78 Å². The van der Waals surface area contributed by atoms with E-state index in [0.717, 1.165) is 0 Å². The van der Waals surface area contributed by atoms with Crippen LogP contribution in [0.1, 0.15) is 18.2 Å². The molecule has 0 saturated heterocycles. The molecule has 0 aromatic carbocycles. The van der Waals surface area contributed by atoms with Crippen LogP contribution in [-0.4, -0.2) is 10.9 Å². The molecular formula is C11H11FN2O. The van der Waals surface area contributed by atoms with Crippen molar-refractivity contribution < 1.29 is 9.18 Å². The molecular weight excluding hydrogens is 195 g/mol. The van der Waals surface area contributed by atoms with Crippen molar-refractivity contribution in [3.63, 3.8) is 0 Å². The van der Waals surface area contributed by atoms with Crippen LogP contribution in [0, 0.1) is 24.6 Å². The second-order valence-corrected chi connectivity index (χ2v) is 2.95. The molecule has 1 heterocycles. The summed E-state index contributed by atoms with van der Waals surface area (Å²) in [4.78, 5) is 14.8. The van der Waals surface area contributed by atoms with Crippen LogP contribution in [0.25, 0.3) is 0 Å². The third-order valence-electron chi connectivity index (χ3n) is 1.81. The SMILES string of the molecule is CC#CC(=O)NCc1nccc(C)c1F. The van der Waals surface area contributed by atoms with E-state index in [4.69, 9.17) is 0 Å². The summed E-state index contributed by atoms with van der Waals surface area (Å²) in [5, 5.41) is 2.45. The van der Waals surface area contributed by atoms with Crippen molar-refractivity contribution in [1.82, 2.24) is 10.3 Å². The Bertz CT molecular complexity index is 432. The molecule has 0 atom stereocenters. The zero-order chi connectivity index (χ0) is 11.3. The molecule has 0 fully saturated rings. The first-order chi connectivity index (χ1) is 7.15. The largest absolute Gasteiger partial charge is 0.339 e. The van der Waals surface area contributed by atoms with Crippen molar-refractivity contribution in [2.24, 2.45) is 0 Å². The minimum absolute atomic E-state index is 0.0566. The molecule has 1 rings (SSSR count). The van der Waals surface area contributed by atoms with Crippen LogP contribution >= 0.6 is 0 Å². The second-order valence-electron chi connectivity index (χ2n) is 2.95. The van der Waals surface area contributed by atoms with Gasteiger partial charge in [0.2, 0.25) is 0 Å². The van der Waals surface area contributed by atoms with Gasteiger partial charge in [-0.2, -0.15) is 0 Å². The highest BCUT2D eigenvalue weighted by molar-refractivity contribution is 5.93. The smallest absolute Gasteiger partial charge is 0.296 e. The van der Waals surface area contributed by atoms with Gasteiger partial charge in [0.05, 0.1) is 12.2 Å². The molecule has 0 bridgehead atoms. The number of nitrogens with zero attached hydrogens (tertiary/aromatic N) is 1. The van der Waals surface area contributed by atoms with E-state index in [1.807, 2.05) is 0 Å². The monoisotopic (exact) mass is 206 g/mol. The first-order valence-corrected chi connectivity index (χ1v) is 4.45. The number of pyridine rings is 1. The maximum absolute atomic E-state index is 13.4. The lowest BCUT2D eigenvalue weighted by Gasteiger charge is -2.03. The maximum Gasteiger partial charge on any atom is 0.296 e. The highest BCUT2D eigenvalue weighted by Crippen LogP contribution is 2.08. The molecule has 0 aliphatic heterocycles. The zero-order valence-corrected chi connectivity index (χ0v) is 8.60. The Morgan fingerprint density at radius 2 is 2.40 bits per heavy atom. The first-order valence-electron chi connectivity index (χ1n) is 4.45. The van der Waals surface area contributed by atoms with Crippen LogP contribution in [0.3, 0.4) is 0 Å². The van der Waals surface area contributed by atoms with E-state index < -0.39 is 5.91 Å². The van der Waals surface area contributed by atoms with E-state index in [2.05, 4.69) is 22.1 Å². The average molecular weight is 206 g/mol. The van der Waals surface area contributed by atoms with Crippen LogP contribution < -0.4 is 5.32 Å². The highest BCUT2D eigenvalue weighted by atomic mass is 19.1. The second kappa shape index (κ2) is 5.11. The fourth-order valence-electron chi connectivity index (χ4n) is 1.04. The van der Waals surface area contributed by atoms with Gasteiger partial charge >= 0.3 is 0 Å². The summed E-state index contributed by atoms with van der Waals surface area (Å²) < 4.78 is 13.4. The minimum Gasteiger partial charge on any atom is -0.339 e. The third kappa shape index (κ3) is 3.06. The molecule has 1 aromatic rings. The molecule has 4 heteroatoms. The van der Waals surface area contributed by atoms with Crippen molar-refractivity contribution in [3.05, 3.63) is 29.3 Å². The Balaban J connectivity index is 2.68. The van der Waals surface area contributed by atoms with Crippen LogP contribution in [0.4, 0.5) is 4.39 Å². The van der Waals surface area contributed by atoms with Gasteiger partial charge < -0.3 is 5.32 Å². The lowest BCUT2D eigenvalue weighted by atomic mass is 10.2. The van der Waals surface area contributed by atoms with Crippen molar-refractivity contribution >= 4 is 5.91 Å². The lowest BCUT2D eigenvalue weighted by molar-refractivity contribution is -0.115. The molecule has 0 saturated carbocycles. The normalized spacial score (nSPS) is 9.00. The molecule has 3 nitrogen and oxygen atoms in total. The number of carbonyl (C=O) groups excluding carboxylic acids is 1. The fourth-order valence-corrected chi connectivity index (χ4v) is 1.04. The quantitative estimate of drug-likeness (QED) is 0.738. The van der Waals surface area contributed by atoms with Crippen LogP contribution in [0.2, 0.25) is 0 Å². The number of hydrogen-bond donors (Lipinski definition) is 1. The fraction of sp³-hybridized carbons (Fsp3) is 0.273. The van der Waals surface area contributed by atoms with Gasteiger partial charge in [-0.25, -0.2) is 4.39 Å². The molecule has 0 radical (unpaired) electrons. The Morgan fingerprint density at radius 3 is 3.07 bits per heavy atom.